The van der Waals surface area contributed by atoms with E-state index in [9.17, 15) is 0 Å². The molecule has 0 fully saturated rings. The van der Waals surface area contributed by atoms with Gasteiger partial charge in [0.1, 0.15) is 5.75 Å². The second-order valence-corrected chi connectivity index (χ2v) is 7.11. The number of aromatic nitrogens is 2. The van der Waals surface area contributed by atoms with E-state index in [1.165, 1.54) is 0 Å². The summed E-state index contributed by atoms with van der Waals surface area (Å²) in [5, 5.41) is 11.6. The number of anilines is 2. The highest BCUT2D eigenvalue weighted by atomic mass is 32.1. The van der Waals surface area contributed by atoms with Crippen LogP contribution in [0.2, 0.25) is 0 Å². The molecule has 0 aliphatic carbocycles. The zero-order chi connectivity index (χ0) is 21.7. The monoisotopic (exact) mass is 426 g/mol. The minimum absolute atomic E-state index is 0.486. The van der Waals surface area contributed by atoms with E-state index in [2.05, 4.69) is 15.7 Å². The number of rotatable bonds is 7. The maximum atomic E-state index is 5.49. The van der Waals surface area contributed by atoms with Gasteiger partial charge in [-0.15, -0.1) is 0 Å². The Hall–Kier alpha value is -3.26. The van der Waals surface area contributed by atoms with Gasteiger partial charge in [-0.25, -0.2) is 0 Å². The van der Waals surface area contributed by atoms with Gasteiger partial charge in [0.25, 0.3) is 0 Å². The van der Waals surface area contributed by atoms with Gasteiger partial charge >= 0.3 is 0 Å². The van der Waals surface area contributed by atoms with Crippen molar-refractivity contribution in [1.82, 2.24) is 9.78 Å². The van der Waals surface area contributed by atoms with Crippen molar-refractivity contribution in [1.29, 1.82) is 0 Å². The Labute approximate surface area is 182 Å². The molecule has 1 aromatic heterocycles. The second-order valence-electron chi connectivity index (χ2n) is 6.70. The summed E-state index contributed by atoms with van der Waals surface area (Å²) < 4.78 is 17.9. The summed E-state index contributed by atoms with van der Waals surface area (Å²) in [5.74, 6) is 2.15. The second kappa shape index (κ2) is 9.49. The molecule has 0 saturated heterocycles. The zero-order valence-corrected chi connectivity index (χ0v) is 18.6. The lowest BCUT2D eigenvalue weighted by Crippen LogP contribution is -2.20. The van der Waals surface area contributed by atoms with Gasteiger partial charge in [-0.1, -0.05) is 12.1 Å². The van der Waals surface area contributed by atoms with Crippen molar-refractivity contribution in [3.8, 4) is 17.2 Å². The predicted molar refractivity (Wildman–Crippen MR) is 123 cm³/mol. The molecule has 1 heterocycles. The van der Waals surface area contributed by atoms with Crippen molar-refractivity contribution in [3.63, 3.8) is 0 Å². The van der Waals surface area contributed by atoms with Gasteiger partial charge in [-0.2, -0.15) is 5.10 Å². The predicted octanol–water partition coefficient (Wildman–Crippen LogP) is 4.38. The van der Waals surface area contributed by atoms with Crippen LogP contribution in [0.1, 0.15) is 17.0 Å². The highest BCUT2D eigenvalue weighted by Gasteiger charge is 2.14. The molecule has 158 valence electrons. The van der Waals surface area contributed by atoms with Gasteiger partial charge in [0.05, 0.1) is 44.9 Å². The van der Waals surface area contributed by atoms with Crippen molar-refractivity contribution in [2.45, 2.75) is 20.4 Å². The molecule has 0 spiro atoms. The van der Waals surface area contributed by atoms with Crippen LogP contribution in [0.4, 0.5) is 11.4 Å². The Bertz CT molecular complexity index is 1050. The summed E-state index contributed by atoms with van der Waals surface area (Å²) in [6, 6.07) is 13.4. The molecule has 0 aliphatic rings. The van der Waals surface area contributed by atoms with Crippen molar-refractivity contribution in [3.05, 3.63) is 59.4 Å². The first-order valence-corrected chi connectivity index (χ1v) is 9.83. The first-order chi connectivity index (χ1) is 14.4. The maximum absolute atomic E-state index is 5.49. The summed E-state index contributed by atoms with van der Waals surface area (Å²) in [5.41, 5.74) is 4.64. The van der Waals surface area contributed by atoms with E-state index in [1.807, 2.05) is 61.0 Å². The number of benzene rings is 2. The summed E-state index contributed by atoms with van der Waals surface area (Å²) in [7, 11) is 4.89. The molecule has 3 aromatic rings. The number of thiocarbonyl (C=S) groups is 1. The molecule has 0 radical (unpaired) electrons. The number of hydrogen-bond acceptors (Lipinski definition) is 5. The molecule has 0 atom stereocenters. The van der Waals surface area contributed by atoms with Crippen LogP contribution < -0.4 is 24.8 Å². The number of hydrogen-bond donors (Lipinski definition) is 2. The van der Waals surface area contributed by atoms with Gasteiger partial charge in [-0.05, 0) is 55.9 Å². The summed E-state index contributed by atoms with van der Waals surface area (Å²) in [4.78, 5) is 0. The third kappa shape index (κ3) is 4.83. The Kier molecular flexibility index (Phi) is 6.79. The van der Waals surface area contributed by atoms with Crippen molar-refractivity contribution >= 4 is 28.7 Å². The van der Waals surface area contributed by atoms with Gasteiger partial charge in [0.15, 0.2) is 16.6 Å². The van der Waals surface area contributed by atoms with E-state index >= 15 is 0 Å². The lowest BCUT2D eigenvalue weighted by Gasteiger charge is -2.12. The molecular weight excluding hydrogens is 400 g/mol. The fraction of sp³-hybridized carbons (Fsp3) is 0.273. The first kappa shape index (κ1) is 21.4. The minimum Gasteiger partial charge on any atom is -0.497 e. The molecule has 30 heavy (non-hydrogen) atoms. The lowest BCUT2D eigenvalue weighted by molar-refractivity contribution is 0.354. The molecule has 0 unspecified atom stereocenters. The van der Waals surface area contributed by atoms with E-state index in [4.69, 9.17) is 26.4 Å². The van der Waals surface area contributed by atoms with Gasteiger partial charge in [0, 0.05) is 11.8 Å². The Balaban J connectivity index is 1.74. The summed E-state index contributed by atoms with van der Waals surface area (Å²) >= 11 is 5.49. The fourth-order valence-corrected chi connectivity index (χ4v) is 3.38. The van der Waals surface area contributed by atoms with Crippen LogP contribution in [-0.2, 0) is 6.54 Å². The van der Waals surface area contributed by atoms with E-state index in [1.54, 1.807) is 21.3 Å². The molecular formula is C22H26N4O3S. The molecule has 0 saturated carbocycles. The van der Waals surface area contributed by atoms with E-state index in [0.717, 1.165) is 34.1 Å². The lowest BCUT2D eigenvalue weighted by atomic mass is 10.2. The van der Waals surface area contributed by atoms with E-state index in [-0.39, 0.29) is 0 Å². The topological polar surface area (TPSA) is 69.6 Å². The molecule has 0 aliphatic heterocycles. The van der Waals surface area contributed by atoms with Gasteiger partial charge in [0.2, 0.25) is 0 Å². The average molecular weight is 427 g/mol. The quantitative estimate of drug-likeness (QED) is 0.543. The zero-order valence-electron chi connectivity index (χ0n) is 17.8. The highest BCUT2D eigenvalue weighted by molar-refractivity contribution is 7.80. The van der Waals surface area contributed by atoms with E-state index < -0.39 is 0 Å². The Morgan fingerprint density at radius 3 is 2.43 bits per heavy atom. The fourth-order valence-electron chi connectivity index (χ4n) is 3.16. The number of aryl methyl sites for hydroxylation is 1. The molecule has 3 rings (SSSR count). The normalized spacial score (nSPS) is 10.4. The number of methoxy groups -OCH3 is 3. The van der Waals surface area contributed by atoms with Crippen molar-refractivity contribution in [2.75, 3.05) is 32.0 Å². The van der Waals surface area contributed by atoms with Crippen LogP contribution in [-0.4, -0.2) is 36.2 Å². The van der Waals surface area contributed by atoms with Crippen LogP contribution >= 0.6 is 12.2 Å². The Morgan fingerprint density at radius 2 is 1.73 bits per heavy atom. The number of nitrogens with zero attached hydrogens (tertiary/aromatic N) is 2. The van der Waals surface area contributed by atoms with Gasteiger partial charge < -0.3 is 24.8 Å². The molecule has 2 N–H and O–H groups in total. The average Bonchev–Trinajstić information content (AvgIpc) is 3.01. The highest BCUT2D eigenvalue weighted by Crippen LogP contribution is 2.29. The smallest absolute Gasteiger partial charge is 0.175 e. The molecule has 0 amide bonds. The van der Waals surface area contributed by atoms with Crippen molar-refractivity contribution in [2.24, 2.45) is 0 Å². The van der Waals surface area contributed by atoms with Crippen LogP contribution in [0.5, 0.6) is 17.2 Å². The van der Waals surface area contributed by atoms with Crippen LogP contribution in [0.25, 0.3) is 0 Å². The third-order valence-electron chi connectivity index (χ3n) is 4.73. The molecule has 0 bridgehead atoms. The minimum atomic E-state index is 0.486. The number of nitrogens with one attached hydrogen (secondary N) is 2. The van der Waals surface area contributed by atoms with E-state index in [0.29, 0.717) is 23.2 Å². The summed E-state index contributed by atoms with van der Waals surface area (Å²) in [6.45, 7) is 4.57. The van der Waals surface area contributed by atoms with Crippen LogP contribution in [0.15, 0.2) is 42.5 Å². The molecule has 7 nitrogen and oxygen atoms in total. The SMILES string of the molecule is COc1cccc(NC(=S)Nc2c(C)nn(Cc3ccc(OC)c(OC)c3)c2C)c1. The van der Waals surface area contributed by atoms with Gasteiger partial charge in [-0.3, -0.25) is 4.68 Å². The third-order valence-corrected chi connectivity index (χ3v) is 4.93. The first-order valence-electron chi connectivity index (χ1n) is 9.42. The molecule has 2 aromatic carbocycles. The maximum Gasteiger partial charge on any atom is 0.175 e. The summed E-state index contributed by atoms with van der Waals surface area (Å²) in [6.07, 6.45) is 0. The van der Waals surface area contributed by atoms with Crippen molar-refractivity contribution < 1.29 is 14.2 Å². The standard InChI is InChI=1S/C22H26N4O3S/c1-14-21(24-22(30)23-17-7-6-8-18(12-17)27-3)15(2)26(25-14)13-16-9-10-19(28-4)20(11-16)29-5/h6-12H,13H2,1-5H3,(H2,23,24,30). The van der Waals surface area contributed by atoms with Crippen LogP contribution in [0, 0.1) is 13.8 Å². The number of ether oxygens (including phenoxy) is 3. The van der Waals surface area contributed by atoms with Crippen LogP contribution in [0.3, 0.4) is 0 Å². The molecule has 8 heteroatoms. The Morgan fingerprint density at radius 1 is 0.967 bits per heavy atom. The largest absolute Gasteiger partial charge is 0.497 e.